The number of carbonyl (C=O) groups is 1. The standard InChI is InChI=1S/C33H48N2O4/c1-6-7-8-9-10-11-12-13-20-39-33-30(37-4)24-28(25-31(33)38-5)14-15-32(36)35-18-16-34(17-19-35)29-22-26(2)21-27(3)23-29/h14-15,21-25H,6-13,16-20H2,1-5H3/b15-14+. The zero-order chi connectivity index (χ0) is 28.0. The Hall–Kier alpha value is -3.15. The van der Waals surface area contributed by atoms with Gasteiger partial charge in [0.1, 0.15) is 0 Å². The van der Waals surface area contributed by atoms with E-state index in [0.717, 1.165) is 25.1 Å². The molecule has 0 spiro atoms. The molecule has 0 unspecified atom stereocenters. The normalized spacial score (nSPS) is 13.7. The van der Waals surface area contributed by atoms with E-state index >= 15 is 0 Å². The fraction of sp³-hybridized carbons (Fsp3) is 0.545. The van der Waals surface area contributed by atoms with E-state index < -0.39 is 0 Å². The molecule has 1 heterocycles. The molecule has 0 aromatic heterocycles. The van der Waals surface area contributed by atoms with Gasteiger partial charge in [-0.2, -0.15) is 0 Å². The molecule has 39 heavy (non-hydrogen) atoms. The van der Waals surface area contributed by atoms with Crippen LogP contribution in [0.3, 0.4) is 0 Å². The van der Waals surface area contributed by atoms with Gasteiger partial charge in [0.05, 0.1) is 20.8 Å². The van der Waals surface area contributed by atoms with Crippen molar-refractivity contribution in [2.45, 2.75) is 72.1 Å². The van der Waals surface area contributed by atoms with Crippen LogP contribution in [0.15, 0.2) is 36.4 Å². The number of carbonyl (C=O) groups excluding carboxylic acids is 1. The molecule has 2 aromatic carbocycles. The molecular formula is C33H48N2O4. The van der Waals surface area contributed by atoms with Gasteiger partial charge >= 0.3 is 0 Å². The van der Waals surface area contributed by atoms with E-state index in [-0.39, 0.29) is 5.91 Å². The molecule has 0 bridgehead atoms. The lowest BCUT2D eigenvalue weighted by Gasteiger charge is -2.36. The second-order valence-electron chi connectivity index (χ2n) is 10.6. The number of ether oxygens (including phenoxy) is 3. The van der Waals surface area contributed by atoms with Crippen molar-refractivity contribution in [1.29, 1.82) is 0 Å². The highest BCUT2D eigenvalue weighted by Crippen LogP contribution is 2.39. The molecule has 1 amide bonds. The van der Waals surface area contributed by atoms with Crippen molar-refractivity contribution in [3.8, 4) is 17.2 Å². The minimum Gasteiger partial charge on any atom is -0.493 e. The maximum atomic E-state index is 12.9. The molecule has 214 valence electrons. The highest BCUT2D eigenvalue weighted by molar-refractivity contribution is 5.92. The molecule has 0 N–H and O–H groups in total. The third kappa shape index (κ3) is 9.52. The SMILES string of the molecule is CCCCCCCCCCOc1c(OC)cc(/C=C/C(=O)N2CCN(c3cc(C)cc(C)c3)CC2)cc1OC. The number of hydrogen-bond donors (Lipinski definition) is 0. The van der Waals surface area contributed by atoms with Crippen molar-refractivity contribution in [3.05, 3.63) is 53.1 Å². The first-order valence-electron chi connectivity index (χ1n) is 14.6. The number of piperazine rings is 1. The largest absolute Gasteiger partial charge is 0.493 e. The molecule has 2 aromatic rings. The van der Waals surface area contributed by atoms with Crippen LogP contribution in [0.4, 0.5) is 5.69 Å². The predicted octanol–water partition coefficient (Wildman–Crippen LogP) is 7.20. The maximum Gasteiger partial charge on any atom is 0.246 e. The molecular weight excluding hydrogens is 488 g/mol. The molecule has 1 saturated heterocycles. The number of amides is 1. The van der Waals surface area contributed by atoms with Crippen LogP contribution in [0.2, 0.25) is 0 Å². The lowest BCUT2D eigenvalue weighted by Crippen LogP contribution is -2.48. The van der Waals surface area contributed by atoms with Crippen molar-refractivity contribution in [3.63, 3.8) is 0 Å². The number of hydrogen-bond acceptors (Lipinski definition) is 5. The van der Waals surface area contributed by atoms with Crippen molar-refractivity contribution in [2.24, 2.45) is 0 Å². The first kappa shape index (κ1) is 30.4. The van der Waals surface area contributed by atoms with Crippen LogP contribution >= 0.6 is 0 Å². The summed E-state index contributed by atoms with van der Waals surface area (Å²) in [5.41, 5.74) is 4.60. The molecule has 1 aliphatic rings. The average Bonchev–Trinajstić information content (AvgIpc) is 2.94. The van der Waals surface area contributed by atoms with Crippen molar-refractivity contribution in [2.75, 3.05) is 51.9 Å². The fourth-order valence-electron chi connectivity index (χ4n) is 5.14. The average molecular weight is 537 g/mol. The van der Waals surface area contributed by atoms with Crippen LogP contribution in [0.25, 0.3) is 6.08 Å². The smallest absolute Gasteiger partial charge is 0.246 e. The highest BCUT2D eigenvalue weighted by Gasteiger charge is 2.20. The number of benzene rings is 2. The molecule has 3 rings (SSSR count). The summed E-state index contributed by atoms with van der Waals surface area (Å²) in [5.74, 6) is 1.86. The Morgan fingerprint density at radius 1 is 0.795 bits per heavy atom. The minimum absolute atomic E-state index is 0.0167. The van der Waals surface area contributed by atoms with E-state index in [4.69, 9.17) is 14.2 Å². The topological polar surface area (TPSA) is 51.2 Å². The molecule has 0 atom stereocenters. The van der Waals surface area contributed by atoms with Gasteiger partial charge < -0.3 is 24.0 Å². The molecule has 0 radical (unpaired) electrons. The predicted molar refractivity (Wildman–Crippen MR) is 161 cm³/mol. The quantitative estimate of drug-likeness (QED) is 0.178. The summed E-state index contributed by atoms with van der Waals surface area (Å²) >= 11 is 0. The summed E-state index contributed by atoms with van der Waals surface area (Å²) in [4.78, 5) is 17.2. The van der Waals surface area contributed by atoms with Gasteiger partial charge in [0, 0.05) is 37.9 Å². The van der Waals surface area contributed by atoms with Crippen LogP contribution in [0.1, 0.15) is 75.0 Å². The fourth-order valence-corrected chi connectivity index (χ4v) is 5.14. The first-order valence-corrected chi connectivity index (χ1v) is 14.6. The first-order chi connectivity index (χ1) is 18.9. The van der Waals surface area contributed by atoms with Crippen LogP contribution in [0.5, 0.6) is 17.2 Å². The number of aryl methyl sites for hydroxylation is 2. The number of nitrogens with zero attached hydrogens (tertiary/aromatic N) is 2. The van der Waals surface area contributed by atoms with Gasteiger partial charge in [-0.3, -0.25) is 4.79 Å². The highest BCUT2D eigenvalue weighted by atomic mass is 16.5. The van der Waals surface area contributed by atoms with Crippen LogP contribution in [-0.4, -0.2) is 57.8 Å². The van der Waals surface area contributed by atoms with Crippen molar-refractivity contribution >= 4 is 17.7 Å². The molecule has 0 saturated carbocycles. The molecule has 1 fully saturated rings. The van der Waals surface area contributed by atoms with E-state index in [1.807, 2.05) is 23.1 Å². The lowest BCUT2D eigenvalue weighted by molar-refractivity contribution is -0.126. The van der Waals surface area contributed by atoms with Crippen LogP contribution in [-0.2, 0) is 4.79 Å². The summed E-state index contributed by atoms with van der Waals surface area (Å²) < 4.78 is 17.3. The van der Waals surface area contributed by atoms with Gasteiger partial charge in [-0.1, -0.05) is 57.9 Å². The van der Waals surface area contributed by atoms with E-state index in [1.54, 1.807) is 20.3 Å². The number of anilines is 1. The van der Waals surface area contributed by atoms with E-state index in [9.17, 15) is 4.79 Å². The third-order valence-corrected chi connectivity index (χ3v) is 7.31. The Balaban J connectivity index is 1.51. The summed E-state index contributed by atoms with van der Waals surface area (Å²) in [6, 6.07) is 10.4. The van der Waals surface area contributed by atoms with Crippen molar-refractivity contribution < 1.29 is 19.0 Å². The molecule has 6 nitrogen and oxygen atoms in total. The monoisotopic (exact) mass is 536 g/mol. The molecule has 1 aliphatic heterocycles. The summed E-state index contributed by atoms with van der Waals surface area (Å²) in [6.07, 6.45) is 13.5. The second kappa shape index (κ2) is 16.1. The zero-order valence-corrected chi connectivity index (χ0v) is 24.8. The third-order valence-electron chi connectivity index (χ3n) is 7.31. The van der Waals surface area contributed by atoms with E-state index in [2.05, 4.69) is 43.9 Å². The Labute approximate surface area is 235 Å². The maximum absolute atomic E-state index is 12.9. The number of unbranched alkanes of at least 4 members (excludes halogenated alkanes) is 7. The zero-order valence-electron chi connectivity index (χ0n) is 24.8. The van der Waals surface area contributed by atoms with E-state index in [1.165, 1.54) is 61.8 Å². The van der Waals surface area contributed by atoms with Crippen LogP contribution < -0.4 is 19.1 Å². The Morgan fingerprint density at radius 3 is 1.92 bits per heavy atom. The van der Waals surface area contributed by atoms with Gasteiger partial charge in [-0.25, -0.2) is 0 Å². The van der Waals surface area contributed by atoms with Gasteiger partial charge in [0.25, 0.3) is 0 Å². The van der Waals surface area contributed by atoms with E-state index in [0.29, 0.717) is 36.9 Å². The second-order valence-corrected chi connectivity index (χ2v) is 10.6. The van der Waals surface area contributed by atoms with Gasteiger partial charge in [0.15, 0.2) is 11.5 Å². The summed E-state index contributed by atoms with van der Waals surface area (Å²) in [6.45, 7) is 10.2. The van der Waals surface area contributed by atoms with Crippen molar-refractivity contribution in [1.82, 2.24) is 4.90 Å². The number of methoxy groups -OCH3 is 2. The minimum atomic E-state index is 0.0167. The van der Waals surface area contributed by atoms with Crippen LogP contribution in [0, 0.1) is 13.8 Å². The van der Waals surface area contributed by atoms with Gasteiger partial charge in [0.2, 0.25) is 11.7 Å². The molecule has 0 aliphatic carbocycles. The molecule has 6 heteroatoms. The lowest BCUT2D eigenvalue weighted by atomic mass is 10.1. The van der Waals surface area contributed by atoms with Gasteiger partial charge in [-0.05, 0) is 67.3 Å². The van der Waals surface area contributed by atoms with Gasteiger partial charge in [-0.15, -0.1) is 0 Å². The number of rotatable bonds is 15. The Kier molecular flexibility index (Phi) is 12.5. The Morgan fingerprint density at radius 2 is 1.36 bits per heavy atom. The summed E-state index contributed by atoms with van der Waals surface area (Å²) in [7, 11) is 3.26. The summed E-state index contributed by atoms with van der Waals surface area (Å²) in [5, 5.41) is 0. The Bertz CT molecular complexity index is 1030.